The number of carbonyl (C=O) groups excluding carboxylic acids is 2. The number of thiophene rings is 1. The zero-order chi connectivity index (χ0) is 20.2. The third kappa shape index (κ3) is 6.18. The summed E-state index contributed by atoms with van der Waals surface area (Å²) in [7, 11) is -3.74. The van der Waals surface area contributed by atoms with E-state index in [0.29, 0.717) is 10.8 Å². The maximum atomic E-state index is 12.0. The molecule has 146 valence electrons. The van der Waals surface area contributed by atoms with Gasteiger partial charge >= 0.3 is 5.97 Å². The van der Waals surface area contributed by atoms with Crippen LogP contribution >= 0.6 is 34.5 Å². The van der Waals surface area contributed by atoms with Crippen molar-refractivity contribution in [2.45, 2.75) is 24.3 Å². The number of primary sulfonamides is 1. The summed E-state index contributed by atoms with van der Waals surface area (Å²) < 4.78 is 28.0. The molecule has 0 saturated heterocycles. The van der Waals surface area contributed by atoms with Crippen LogP contribution in [0.1, 0.15) is 22.8 Å². The summed E-state index contributed by atoms with van der Waals surface area (Å²) in [6.45, 7) is 1.72. The highest BCUT2D eigenvalue weighted by Crippen LogP contribution is 2.31. The number of carbonyl (C=O) groups is 2. The number of nitrogens with one attached hydrogen (secondary N) is 1. The van der Waals surface area contributed by atoms with Crippen LogP contribution in [0.2, 0.25) is 8.67 Å². The smallest absolute Gasteiger partial charge is 0.341 e. The second kappa shape index (κ2) is 9.03. The number of benzene rings is 1. The average molecular weight is 451 g/mol. The average Bonchev–Trinajstić information content (AvgIpc) is 2.92. The third-order valence-electron chi connectivity index (χ3n) is 3.49. The SMILES string of the molecule is CC(OC(=O)c1cc(Cl)sc1Cl)C(=O)NCCc1ccc(S(N)(=O)=O)cc1. The summed E-state index contributed by atoms with van der Waals surface area (Å²) >= 11 is 12.7. The summed E-state index contributed by atoms with van der Waals surface area (Å²) in [5.74, 6) is -1.20. The topological polar surface area (TPSA) is 116 Å². The molecule has 0 aliphatic rings. The Bertz CT molecular complexity index is 942. The molecule has 11 heteroatoms. The van der Waals surface area contributed by atoms with Crippen molar-refractivity contribution in [2.24, 2.45) is 5.14 Å². The van der Waals surface area contributed by atoms with Crippen LogP contribution in [0.4, 0.5) is 0 Å². The van der Waals surface area contributed by atoms with Crippen molar-refractivity contribution in [3.63, 3.8) is 0 Å². The van der Waals surface area contributed by atoms with Gasteiger partial charge in [-0.2, -0.15) is 0 Å². The minimum absolute atomic E-state index is 0.0167. The lowest BCUT2D eigenvalue weighted by Crippen LogP contribution is -2.36. The van der Waals surface area contributed by atoms with Gasteiger partial charge in [0.15, 0.2) is 6.10 Å². The molecule has 1 aromatic heterocycles. The van der Waals surface area contributed by atoms with Gasteiger partial charge in [-0.25, -0.2) is 18.4 Å². The van der Waals surface area contributed by atoms with Gasteiger partial charge in [0, 0.05) is 6.54 Å². The first-order valence-corrected chi connectivity index (χ1v) is 10.7. The lowest BCUT2D eigenvalue weighted by atomic mass is 10.1. The highest BCUT2D eigenvalue weighted by Gasteiger charge is 2.22. The number of nitrogens with two attached hydrogens (primary N) is 1. The zero-order valence-electron chi connectivity index (χ0n) is 14.1. The number of hydrogen-bond donors (Lipinski definition) is 2. The van der Waals surface area contributed by atoms with E-state index in [4.69, 9.17) is 33.1 Å². The maximum absolute atomic E-state index is 12.0. The standard InChI is InChI=1S/C16H16Cl2N2O5S2/c1-9(25-16(22)12-8-13(17)26-14(12)18)15(21)20-7-6-10-2-4-11(5-3-10)27(19,23)24/h2-5,8-9H,6-7H2,1H3,(H,20,21)(H2,19,23,24). The molecule has 0 aliphatic carbocycles. The van der Waals surface area contributed by atoms with Crippen molar-refractivity contribution >= 4 is 56.4 Å². The molecule has 0 bridgehead atoms. The number of esters is 1. The second-order valence-electron chi connectivity index (χ2n) is 5.52. The molecule has 0 radical (unpaired) electrons. The van der Waals surface area contributed by atoms with Gasteiger partial charge < -0.3 is 10.1 Å². The summed E-state index contributed by atoms with van der Waals surface area (Å²) in [4.78, 5) is 24.1. The fourth-order valence-corrected chi connectivity index (χ4v) is 4.03. The number of halogens is 2. The van der Waals surface area contributed by atoms with E-state index >= 15 is 0 Å². The van der Waals surface area contributed by atoms with E-state index in [-0.39, 0.29) is 21.3 Å². The normalized spacial score (nSPS) is 12.4. The molecule has 1 amide bonds. The molecule has 2 rings (SSSR count). The van der Waals surface area contributed by atoms with Crippen LogP contribution in [0.25, 0.3) is 0 Å². The molecular weight excluding hydrogens is 435 g/mol. The molecule has 7 nitrogen and oxygen atoms in total. The van der Waals surface area contributed by atoms with Gasteiger partial charge in [-0.1, -0.05) is 35.3 Å². The van der Waals surface area contributed by atoms with E-state index in [2.05, 4.69) is 5.32 Å². The fraction of sp³-hybridized carbons (Fsp3) is 0.250. The van der Waals surface area contributed by atoms with Crippen molar-refractivity contribution in [3.8, 4) is 0 Å². The van der Waals surface area contributed by atoms with Crippen molar-refractivity contribution in [1.29, 1.82) is 0 Å². The Labute approximate surface area is 170 Å². The van der Waals surface area contributed by atoms with E-state index in [1.807, 2.05) is 0 Å². The van der Waals surface area contributed by atoms with Gasteiger partial charge in [-0.05, 0) is 37.1 Å². The molecule has 0 saturated carbocycles. The van der Waals surface area contributed by atoms with E-state index in [1.54, 1.807) is 12.1 Å². The number of rotatable bonds is 7. The Hall–Kier alpha value is -1.65. The van der Waals surface area contributed by atoms with Gasteiger partial charge in [-0.15, -0.1) is 11.3 Å². The Morgan fingerprint density at radius 1 is 1.26 bits per heavy atom. The lowest BCUT2D eigenvalue weighted by Gasteiger charge is -2.13. The molecule has 0 aliphatic heterocycles. The first kappa shape index (κ1) is 21.6. The molecule has 0 spiro atoms. The van der Waals surface area contributed by atoms with Gasteiger partial charge in [0.2, 0.25) is 10.0 Å². The Balaban J connectivity index is 1.83. The Kier molecular flexibility index (Phi) is 7.24. The molecule has 1 aromatic carbocycles. The van der Waals surface area contributed by atoms with Crippen molar-refractivity contribution < 1.29 is 22.7 Å². The van der Waals surface area contributed by atoms with Crippen LogP contribution < -0.4 is 10.5 Å². The van der Waals surface area contributed by atoms with Crippen LogP contribution in [-0.2, 0) is 26.0 Å². The minimum Gasteiger partial charge on any atom is -0.449 e. The van der Waals surface area contributed by atoms with Crippen LogP contribution in [0.5, 0.6) is 0 Å². The quantitative estimate of drug-likeness (QED) is 0.628. The second-order valence-corrected chi connectivity index (χ2v) is 9.36. The van der Waals surface area contributed by atoms with Crippen LogP contribution in [0.3, 0.4) is 0 Å². The third-order valence-corrected chi connectivity index (χ3v) is 5.91. The van der Waals surface area contributed by atoms with Gasteiger partial charge in [0.05, 0.1) is 14.8 Å². The van der Waals surface area contributed by atoms with Crippen molar-refractivity contribution in [3.05, 3.63) is 50.1 Å². The lowest BCUT2D eigenvalue weighted by molar-refractivity contribution is -0.129. The van der Waals surface area contributed by atoms with E-state index in [1.165, 1.54) is 25.1 Å². The van der Waals surface area contributed by atoms with Crippen LogP contribution in [-0.4, -0.2) is 32.9 Å². The van der Waals surface area contributed by atoms with E-state index < -0.39 is 28.0 Å². The Morgan fingerprint density at radius 3 is 2.41 bits per heavy atom. The van der Waals surface area contributed by atoms with E-state index in [9.17, 15) is 18.0 Å². The number of ether oxygens (including phenoxy) is 1. The van der Waals surface area contributed by atoms with Crippen molar-refractivity contribution in [2.75, 3.05) is 6.54 Å². The molecule has 27 heavy (non-hydrogen) atoms. The molecule has 3 N–H and O–H groups in total. The number of sulfonamides is 1. The summed E-state index contributed by atoms with van der Waals surface area (Å²) in [5, 5.41) is 7.67. The number of hydrogen-bond acceptors (Lipinski definition) is 6. The fourth-order valence-electron chi connectivity index (χ4n) is 2.08. The first-order chi connectivity index (χ1) is 12.6. The number of amides is 1. The largest absolute Gasteiger partial charge is 0.449 e. The monoisotopic (exact) mass is 450 g/mol. The highest BCUT2D eigenvalue weighted by atomic mass is 35.5. The molecule has 2 aromatic rings. The minimum atomic E-state index is -3.74. The summed E-state index contributed by atoms with van der Waals surface area (Å²) in [5.41, 5.74) is 0.924. The predicted octanol–water partition coefficient (Wildman–Crippen LogP) is 2.61. The van der Waals surface area contributed by atoms with Gasteiger partial charge in [0.1, 0.15) is 4.34 Å². The molecule has 1 heterocycles. The van der Waals surface area contributed by atoms with Crippen molar-refractivity contribution in [1.82, 2.24) is 5.32 Å². The first-order valence-electron chi connectivity index (χ1n) is 7.63. The van der Waals surface area contributed by atoms with Gasteiger partial charge in [-0.3, -0.25) is 4.79 Å². The summed E-state index contributed by atoms with van der Waals surface area (Å²) in [6.07, 6.45) is -0.555. The molecule has 1 atom stereocenters. The Morgan fingerprint density at radius 2 is 1.89 bits per heavy atom. The molecule has 0 fully saturated rings. The highest BCUT2D eigenvalue weighted by molar-refractivity contribution is 7.89. The maximum Gasteiger partial charge on any atom is 0.341 e. The van der Waals surface area contributed by atoms with Crippen LogP contribution in [0, 0.1) is 0 Å². The molecular formula is C16H16Cl2N2O5S2. The van der Waals surface area contributed by atoms with Crippen LogP contribution in [0.15, 0.2) is 35.2 Å². The van der Waals surface area contributed by atoms with E-state index in [0.717, 1.165) is 16.9 Å². The zero-order valence-corrected chi connectivity index (χ0v) is 17.2. The summed E-state index contributed by atoms with van der Waals surface area (Å²) in [6, 6.07) is 7.39. The van der Waals surface area contributed by atoms with Gasteiger partial charge in [0.25, 0.3) is 5.91 Å². The predicted molar refractivity (Wildman–Crippen MR) is 104 cm³/mol. The molecule has 1 unspecified atom stereocenters.